The number of aliphatic hydroxyl groups is 1. The van der Waals surface area contributed by atoms with Gasteiger partial charge in [0.1, 0.15) is 6.23 Å². The van der Waals surface area contributed by atoms with Crippen LogP contribution in [0, 0.1) is 0 Å². The van der Waals surface area contributed by atoms with Gasteiger partial charge in [0.05, 0.1) is 12.9 Å². The fraction of sp³-hybridized carbons (Fsp3) is 0.500. The Morgan fingerprint density at radius 1 is 1.89 bits per heavy atom. The van der Waals surface area contributed by atoms with Crippen LogP contribution in [0.15, 0.2) is 17.6 Å². The normalized spacial score (nSPS) is 20.3. The summed E-state index contributed by atoms with van der Waals surface area (Å²) in [6.45, 7) is 5.03. The van der Waals surface area contributed by atoms with Crippen LogP contribution in [-0.2, 0) is 0 Å². The van der Waals surface area contributed by atoms with Crippen LogP contribution in [0.3, 0.4) is 0 Å². The molecule has 0 saturated heterocycles. The largest absolute Gasteiger partial charge is 0.370 e. The Balaban J connectivity index is 2.42. The van der Waals surface area contributed by atoms with Gasteiger partial charge in [-0.2, -0.15) is 0 Å². The molecule has 0 bridgehead atoms. The summed E-state index contributed by atoms with van der Waals surface area (Å²) in [7, 11) is 0. The van der Waals surface area contributed by atoms with Gasteiger partial charge < -0.3 is 10.0 Å². The van der Waals surface area contributed by atoms with E-state index < -0.39 is 6.23 Å². The average molecular weight is 126 g/mol. The first-order valence-corrected chi connectivity index (χ1v) is 2.91. The summed E-state index contributed by atoms with van der Waals surface area (Å²) >= 11 is 0. The zero-order valence-electron chi connectivity index (χ0n) is 5.20. The third kappa shape index (κ3) is 1.29. The SMILES string of the molecule is C=CC(O)N1C=NCC1. The van der Waals surface area contributed by atoms with Crippen molar-refractivity contribution in [3.8, 4) is 0 Å². The molecule has 0 fully saturated rings. The van der Waals surface area contributed by atoms with Crippen molar-refractivity contribution in [3.63, 3.8) is 0 Å². The quantitative estimate of drug-likeness (QED) is 0.522. The van der Waals surface area contributed by atoms with Crippen LogP contribution in [0.1, 0.15) is 0 Å². The second-order valence-electron chi connectivity index (χ2n) is 1.91. The Hall–Kier alpha value is -0.830. The lowest BCUT2D eigenvalue weighted by Crippen LogP contribution is -2.30. The first-order chi connectivity index (χ1) is 4.34. The molecule has 0 saturated carbocycles. The molecule has 9 heavy (non-hydrogen) atoms. The van der Waals surface area contributed by atoms with E-state index in [0.29, 0.717) is 0 Å². The second-order valence-corrected chi connectivity index (χ2v) is 1.91. The van der Waals surface area contributed by atoms with Gasteiger partial charge in [0.2, 0.25) is 0 Å². The van der Waals surface area contributed by atoms with E-state index in [2.05, 4.69) is 11.6 Å². The van der Waals surface area contributed by atoms with E-state index in [1.54, 1.807) is 11.2 Å². The highest BCUT2D eigenvalue weighted by Gasteiger charge is 2.10. The smallest absolute Gasteiger partial charge is 0.146 e. The topological polar surface area (TPSA) is 35.8 Å². The highest BCUT2D eigenvalue weighted by atomic mass is 16.3. The molecule has 0 aliphatic carbocycles. The molecule has 0 spiro atoms. The zero-order valence-corrected chi connectivity index (χ0v) is 5.20. The lowest BCUT2D eigenvalue weighted by atomic mass is 10.5. The fourth-order valence-corrected chi connectivity index (χ4v) is 0.730. The summed E-state index contributed by atoms with van der Waals surface area (Å²) in [6, 6.07) is 0. The number of nitrogens with zero attached hydrogens (tertiary/aromatic N) is 2. The van der Waals surface area contributed by atoms with Crippen molar-refractivity contribution in [1.29, 1.82) is 0 Å². The average Bonchev–Trinajstić information content (AvgIpc) is 2.37. The van der Waals surface area contributed by atoms with Gasteiger partial charge in [-0.25, -0.2) is 0 Å². The van der Waals surface area contributed by atoms with Crippen molar-refractivity contribution in [2.24, 2.45) is 4.99 Å². The minimum Gasteiger partial charge on any atom is -0.370 e. The number of aliphatic imine (C=N–C) groups is 1. The van der Waals surface area contributed by atoms with Gasteiger partial charge in [-0.1, -0.05) is 6.58 Å². The fourth-order valence-electron chi connectivity index (χ4n) is 0.730. The van der Waals surface area contributed by atoms with Crippen molar-refractivity contribution >= 4 is 6.34 Å². The Labute approximate surface area is 54.3 Å². The lowest BCUT2D eigenvalue weighted by Gasteiger charge is -2.16. The molecule has 0 aromatic carbocycles. The molecule has 0 aromatic heterocycles. The minimum atomic E-state index is -0.559. The maximum absolute atomic E-state index is 9.07. The Morgan fingerprint density at radius 2 is 2.67 bits per heavy atom. The molecule has 0 radical (unpaired) electrons. The summed E-state index contributed by atoms with van der Waals surface area (Å²) in [6.07, 6.45) is 2.57. The summed E-state index contributed by atoms with van der Waals surface area (Å²) in [5.41, 5.74) is 0. The lowest BCUT2D eigenvalue weighted by molar-refractivity contribution is 0.108. The van der Waals surface area contributed by atoms with Crippen LogP contribution in [0.4, 0.5) is 0 Å². The third-order valence-corrected chi connectivity index (χ3v) is 1.27. The van der Waals surface area contributed by atoms with E-state index >= 15 is 0 Å². The number of aliphatic hydroxyl groups excluding tert-OH is 1. The van der Waals surface area contributed by atoms with Gasteiger partial charge in [-0.05, 0) is 6.08 Å². The molecule has 50 valence electrons. The summed E-state index contributed by atoms with van der Waals surface area (Å²) in [5.74, 6) is 0. The van der Waals surface area contributed by atoms with Crippen LogP contribution in [0.5, 0.6) is 0 Å². The maximum atomic E-state index is 9.07. The van der Waals surface area contributed by atoms with Gasteiger partial charge in [-0.15, -0.1) is 0 Å². The summed E-state index contributed by atoms with van der Waals surface area (Å²) in [4.78, 5) is 5.66. The zero-order chi connectivity index (χ0) is 6.69. The molecule has 1 unspecified atom stereocenters. The van der Waals surface area contributed by atoms with Crippen LogP contribution in [-0.4, -0.2) is 35.7 Å². The van der Waals surface area contributed by atoms with Gasteiger partial charge in [0.25, 0.3) is 0 Å². The van der Waals surface area contributed by atoms with E-state index in [-0.39, 0.29) is 0 Å². The molecule has 0 amide bonds. The molecule has 3 heteroatoms. The van der Waals surface area contributed by atoms with Crippen molar-refractivity contribution in [2.75, 3.05) is 13.1 Å². The number of rotatable bonds is 2. The monoisotopic (exact) mass is 126 g/mol. The Morgan fingerprint density at radius 3 is 3.11 bits per heavy atom. The summed E-state index contributed by atoms with van der Waals surface area (Å²) in [5, 5.41) is 9.07. The molecule has 0 aromatic rings. The molecular formula is C6H10N2O. The first-order valence-electron chi connectivity index (χ1n) is 2.91. The standard InChI is InChI=1S/C6H10N2O/c1-2-6(9)8-4-3-7-5-8/h2,5-6,9H,1,3-4H2. The first kappa shape index (κ1) is 6.29. The van der Waals surface area contributed by atoms with E-state index in [4.69, 9.17) is 5.11 Å². The highest BCUT2D eigenvalue weighted by Crippen LogP contribution is 1.98. The second kappa shape index (κ2) is 2.64. The van der Waals surface area contributed by atoms with E-state index in [1.165, 1.54) is 6.08 Å². The predicted octanol–water partition coefficient (Wildman–Crippen LogP) is -0.165. The van der Waals surface area contributed by atoms with E-state index in [0.717, 1.165) is 13.1 Å². The van der Waals surface area contributed by atoms with E-state index in [9.17, 15) is 0 Å². The van der Waals surface area contributed by atoms with Crippen molar-refractivity contribution in [1.82, 2.24) is 4.90 Å². The van der Waals surface area contributed by atoms with Gasteiger partial charge in [0.15, 0.2) is 0 Å². The molecular weight excluding hydrogens is 116 g/mol. The van der Waals surface area contributed by atoms with E-state index in [1.807, 2.05) is 0 Å². The van der Waals surface area contributed by atoms with Crippen LogP contribution < -0.4 is 0 Å². The number of hydrogen-bond donors (Lipinski definition) is 1. The van der Waals surface area contributed by atoms with Crippen LogP contribution in [0.25, 0.3) is 0 Å². The Kier molecular flexibility index (Phi) is 1.85. The van der Waals surface area contributed by atoms with Gasteiger partial charge in [-0.3, -0.25) is 4.99 Å². The molecule has 1 heterocycles. The summed E-state index contributed by atoms with van der Waals surface area (Å²) < 4.78 is 0. The molecule has 3 nitrogen and oxygen atoms in total. The van der Waals surface area contributed by atoms with Crippen LogP contribution >= 0.6 is 0 Å². The predicted molar refractivity (Wildman–Crippen MR) is 36.3 cm³/mol. The number of hydrogen-bond acceptors (Lipinski definition) is 3. The third-order valence-electron chi connectivity index (χ3n) is 1.27. The molecule has 1 N–H and O–H groups in total. The molecule has 1 aliphatic heterocycles. The molecule has 1 atom stereocenters. The maximum Gasteiger partial charge on any atom is 0.146 e. The van der Waals surface area contributed by atoms with Gasteiger partial charge >= 0.3 is 0 Å². The van der Waals surface area contributed by atoms with Crippen molar-refractivity contribution < 1.29 is 5.11 Å². The minimum absolute atomic E-state index is 0.559. The van der Waals surface area contributed by atoms with Gasteiger partial charge in [0, 0.05) is 6.54 Å². The highest BCUT2D eigenvalue weighted by molar-refractivity contribution is 5.57. The van der Waals surface area contributed by atoms with Crippen LogP contribution in [0.2, 0.25) is 0 Å². The molecule has 1 rings (SSSR count). The Bertz CT molecular complexity index is 133. The van der Waals surface area contributed by atoms with Crippen molar-refractivity contribution in [2.45, 2.75) is 6.23 Å². The molecule has 1 aliphatic rings. The van der Waals surface area contributed by atoms with Crippen molar-refractivity contribution in [3.05, 3.63) is 12.7 Å².